The lowest BCUT2D eigenvalue weighted by molar-refractivity contribution is 0.617. The van der Waals surface area contributed by atoms with Gasteiger partial charge in [0.25, 0.3) is 0 Å². The molecule has 0 aliphatic carbocycles. The van der Waals surface area contributed by atoms with Crippen LogP contribution in [0.1, 0.15) is 19.0 Å². The van der Waals surface area contributed by atoms with Gasteiger partial charge in [0.15, 0.2) is 0 Å². The summed E-state index contributed by atoms with van der Waals surface area (Å²) in [5, 5.41) is 4.34. The highest BCUT2D eigenvalue weighted by molar-refractivity contribution is 7.13. The van der Waals surface area contributed by atoms with E-state index in [2.05, 4.69) is 23.4 Å². The normalized spacial score (nSPS) is 11.1. The first-order chi connectivity index (χ1) is 8.38. The molecule has 0 spiro atoms. The van der Waals surface area contributed by atoms with Crippen LogP contribution in [0.3, 0.4) is 0 Å². The zero-order chi connectivity index (χ0) is 11.7. The van der Waals surface area contributed by atoms with Crippen molar-refractivity contribution in [3.8, 4) is 10.6 Å². The van der Waals surface area contributed by atoms with Crippen LogP contribution in [0.4, 0.5) is 0 Å². The number of fused-ring (bicyclic) bond motifs is 1. The third kappa shape index (κ3) is 1.87. The van der Waals surface area contributed by atoms with Gasteiger partial charge in [0.05, 0.1) is 11.3 Å². The Bertz CT molecular complexity index is 638. The zero-order valence-corrected chi connectivity index (χ0v) is 10.5. The van der Waals surface area contributed by atoms with Crippen LogP contribution in [-0.4, -0.2) is 4.98 Å². The molecule has 2 aromatic heterocycles. The number of furan rings is 1. The number of benzene rings is 1. The number of hydrogen-bond acceptors (Lipinski definition) is 3. The quantitative estimate of drug-likeness (QED) is 0.676. The molecule has 0 bridgehead atoms. The van der Waals surface area contributed by atoms with Gasteiger partial charge in [-0.3, -0.25) is 0 Å². The predicted molar refractivity (Wildman–Crippen MR) is 71.3 cm³/mol. The van der Waals surface area contributed by atoms with Crippen molar-refractivity contribution in [3.63, 3.8) is 0 Å². The van der Waals surface area contributed by atoms with Crippen LogP contribution in [0, 0.1) is 0 Å². The van der Waals surface area contributed by atoms with Gasteiger partial charge in [0, 0.05) is 10.8 Å². The van der Waals surface area contributed by atoms with Gasteiger partial charge < -0.3 is 4.42 Å². The molecular formula is C14H13NOS. The summed E-state index contributed by atoms with van der Waals surface area (Å²) in [6.07, 6.45) is 3.99. The number of nitrogens with zero attached hydrogens (tertiary/aromatic N) is 1. The molecule has 3 aromatic rings. The lowest BCUT2D eigenvalue weighted by Crippen LogP contribution is -1.82. The van der Waals surface area contributed by atoms with E-state index in [4.69, 9.17) is 4.42 Å². The maximum absolute atomic E-state index is 5.54. The number of hydrogen-bond donors (Lipinski definition) is 0. The molecule has 0 saturated heterocycles. The Morgan fingerprint density at radius 3 is 3.06 bits per heavy atom. The second-order valence-electron chi connectivity index (χ2n) is 4.04. The summed E-state index contributed by atoms with van der Waals surface area (Å²) in [6.45, 7) is 2.17. The molecule has 0 saturated carbocycles. The van der Waals surface area contributed by atoms with Crippen molar-refractivity contribution in [2.45, 2.75) is 19.8 Å². The first-order valence-electron chi connectivity index (χ1n) is 5.79. The van der Waals surface area contributed by atoms with Crippen molar-refractivity contribution in [2.75, 3.05) is 0 Å². The SMILES string of the molecule is CCCc1csc(-c2coc3ccccc23)n1. The highest BCUT2D eigenvalue weighted by Crippen LogP contribution is 2.32. The molecule has 17 heavy (non-hydrogen) atoms. The summed E-state index contributed by atoms with van der Waals surface area (Å²) in [6, 6.07) is 8.08. The molecular weight excluding hydrogens is 230 g/mol. The number of thiazole rings is 1. The Hall–Kier alpha value is -1.61. The van der Waals surface area contributed by atoms with Gasteiger partial charge in [-0.05, 0) is 12.5 Å². The fraction of sp³-hybridized carbons (Fsp3) is 0.214. The second kappa shape index (κ2) is 4.34. The van der Waals surface area contributed by atoms with E-state index in [0.29, 0.717) is 0 Å². The lowest BCUT2D eigenvalue weighted by Gasteiger charge is -1.92. The Balaban J connectivity index is 2.07. The Labute approximate surface area is 104 Å². The van der Waals surface area contributed by atoms with Crippen molar-refractivity contribution in [3.05, 3.63) is 41.6 Å². The van der Waals surface area contributed by atoms with Crippen LogP contribution in [0.2, 0.25) is 0 Å². The van der Waals surface area contributed by atoms with Crippen LogP contribution in [0.25, 0.3) is 21.5 Å². The summed E-state index contributed by atoms with van der Waals surface area (Å²) in [5.74, 6) is 0. The topological polar surface area (TPSA) is 26.0 Å². The Morgan fingerprint density at radius 1 is 1.29 bits per heavy atom. The van der Waals surface area contributed by atoms with Crippen LogP contribution in [0.5, 0.6) is 0 Å². The molecule has 0 atom stereocenters. The van der Waals surface area contributed by atoms with E-state index in [1.54, 1.807) is 17.6 Å². The van der Waals surface area contributed by atoms with Gasteiger partial charge in [-0.2, -0.15) is 0 Å². The number of aromatic nitrogens is 1. The minimum Gasteiger partial charge on any atom is -0.464 e. The average molecular weight is 243 g/mol. The van der Waals surface area contributed by atoms with E-state index in [1.807, 2.05) is 18.2 Å². The molecule has 0 amide bonds. The molecule has 3 heteroatoms. The van der Waals surface area contributed by atoms with E-state index < -0.39 is 0 Å². The largest absolute Gasteiger partial charge is 0.464 e. The summed E-state index contributed by atoms with van der Waals surface area (Å²) < 4.78 is 5.54. The molecule has 0 N–H and O–H groups in total. The molecule has 2 nitrogen and oxygen atoms in total. The highest BCUT2D eigenvalue weighted by Gasteiger charge is 2.10. The van der Waals surface area contributed by atoms with Gasteiger partial charge in [0.1, 0.15) is 16.9 Å². The maximum atomic E-state index is 5.54. The lowest BCUT2D eigenvalue weighted by atomic mass is 10.2. The van der Waals surface area contributed by atoms with Crippen LogP contribution in [0.15, 0.2) is 40.3 Å². The Kier molecular flexibility index (Phi) is 2.69. The van der Waals surface area contributed by atoms with Gasteiger partial charge >= 0.3 is 0 Å². The van der Waals surface area contributed by atoms with Crippen LogP contribution < -0.4 is 0 Å². The summed E-state index contributed by atoms with van der Waals surface area (Å²) >= 11 is 1.69. The monoisotopic (exact) mass is 243 g/mol. The van der Waals surface area contributed by atoms with Crippen molar-refractivity contribution in [2.24, 2.45) is 0 Å². The second-order valence-corrected chi connectivity index (χ2v) is 4.90. The minimum atomic E-state index is 0.926. The van der Waals surface area contributed by atoms with E-state index in [-0.39, 0.29) is 0 Å². The van der Waals surface area contributed by atoms with E-state index in [1.165, 1.54) is 5.69 Å². The molecule has 1 aromatic carbocycles. The molecule has 2 heterocycles. The minimum absolute atomic E-state index is 0.926. The van der Waals surface area contributed by atoms with Crippen molar-refractivity contribution < 1.29 is 4.42 Å². The first-order valence-corrected chi connectivity index (χ1v) is 6.67. The average Bonchev–Trinajstić information content (AvgIpc) is 2.95. The third-order valence-electron chi connectivity index (χ3n) is 2.77. The van der Waals surface area contributed by atoms with Gasteiger partial charge in [-0.25, -0.2) is 4.98 Å². The van der Waals surface area contributed by atoms with E-state index in [9.17, 15) is 0 Å². The van der Waals surface area contributed by atoms with Crippen molar-refractivity contribution in [1.82, 2.24) is 4.98 Å². The standard InChI is InChI=1S/C14H13NOS/c1-2-5-10-9-17-14(15-10)12-8-16-13-7-4-3-6-11(12)13/h3-4,6-9H,2,5H2,1H3. The summed E-state index contributed by atoms with van der Waals surface area (Å²) in [7, 11) is 0. The van der Waals surface area contributed by atoms with Crippen molar-refractivity contribution in [1.29, 1.82) is 0 Å². The number of rotatable bonds is 3. The molecule has 0 fully saturated rings. The van der Waals surface area contributed by atoms with E-state index in [0.717, 1.165) is 34.4 Å². The van der Waals surface area contributed by atoms with Crippen LogP contribution >= 0.6 is 11.3 Å². The molecule has 3 rings (SSSR count). The molecule has 0 unspecified atom stereocenters. The fourth-order valence-electron chi connectivity index (χ4n) is 1.95. The fourth-order valence-corrected chi connectivity index (χ4v) is 2.82. The maximum Gasteiger partial charge on any atom is 0.134 e. The number of para-hydroxylation sites is 1. The molecule has 0 radical (unpaired) electrons. The third-order valence-corrected chi connectivity index (χ3v) is 3.69. The van der Waals surface area contributed by atoms with E-state index >= 15 is 0 Å². The van der Waals surface area contributed by atoms with Crippen molar-refractivity contribution >= 4 is 22.3 Å². The molecule has 86 valence electrons. The first kappa shape index (κ1) is 10.5. The van der Waals surface area contributed by atoms with Crippen LogP contribution in [-0.2, 0) is 6.42 Å². The smallest absolute Gasteiger partial charge is 0.134 e. The number of aryl methyl sites for hydroxylation is 1. The Morgan fingerprint density at radius 2 is 2.18 bits per heavy atom. The highest BCUT2D eigenvalue weighted by atomic mass is 32.1. The van der Waals surface area contributed by atoms with Gasteiger partial charge in [-0.1, -0.05) is 31.5 Å². The van der Waals surface area contributed by atoms with Gasteiger partial charge in [-0.15, -0.1) is 11.3 Å². The molecule has 0 aliphatic heterocycles. The zero-order valence-electron chi connectivity index (χ0n) is 9.64. The predicted octanol–water partition coefficient (Wildman–Crippen LogP) is 4.51. The molecule has 0 aliphatic rings. The van der Waals surface area contributed by atoms with Gasteiger partial charge in [0.2, 0.25) is 0 Å². The summed E-state index contributed by atoms with van der Waals surface area (Å²) in [4.78, 5) is 4.65. The summed E-state index contributed by atoms with van der Waals surface area (Å²) in [5.41, 5.74) is 3.21.